The van der Waals surface area contributed by atoms with Gasteiger partial charge in [-0.15, -0.1) is 0 Å². The molecule has 0 saturated carbocycles. The van der Waals surface area contributed by atoms with Crippen molar-refractivity contribution in [2.45, 2.75) is 32.2 Å². The average molecular weight is 534 g/mol. The number of esters is 1. The molecule has 1 atom stereocenters. The second kappa shape index (κ2) is 10.3. The summed E-state index contributed by atoms with van der Waals surface area (Å²) in [5.41, 5.74) is 2.30. The van der Waals surface area contributed by atoms with Gasteiger partial charge in [0.1, 0.15) is 11.5 Å². The number of anilines is 1. The number of carbonyl (C=O) groups is 3. The molecule has 0 aromatic heterocycles. The van der Waals surface area contributed by atoms with Crippen LogP contribution in [0.25, 0.3) is 5.76 Å². The van der Waals surface area contributed by atoms with Gasteiger partial charge in [-0.1, -0.05) is 56.6 Å². The van der Waals surface area contributed by atoms with Crippen LogP contribution in [-0.4, -0.2) is 37.0 Å². The van der Waals surface area contributed by atoms with Gasteiger partial charge < -0.3 is 14.6 Å². The molecule has 1 heterocycles. The number of methoxy groups -OCH3 is 2. The van der Waals surface area contributed by atoms with Crippen molar-refractivity contribution in [1.82, 2.24) is 0 Å². The number of aliphatic hydroxyl groups is 1. The molecule has 38 heavy (non-hydrogen) atoms. The van der Waals surface area contributed by atoms with E-state index < -0.39 is 29.5 Å². The predicted octanol–water partition coefficient (Wildman–Crippen LogP) is 6.06. The predicted molar refractivity (Wildman–Crippen MR) is 146 cm³/mol. The van der Waals surface area contributed by atoms with Crippen LogP contribution >= 0.6 is 11.6 Å². The number of nitrogens with zero attached hydrogens (tertiary/aromatic N) is 1. The molecule has 1 unspecified atom stereocenters. The molecular weight excluding hydrogens is 506 g/mol. The van der Waals surface area contributed by atoms with E-state index in [2.05, 4.69) is 20.8 Å². The topological polar surface area (TPSA) is 93.1 Å². The van der Waals surface area contributed by atoms with Crippen LogP contribution < -0.4 is 9.64 Å². The zero-order valence-electron chi connectivity index (χ0n) is 21.7. The lowest BCUT2D eigenvalue weighted by molar-refractivity contribution is -0.132. The van der Waals surface area contributed by atoms with Crippen LogP contribution in [0, 0.1) is 0 Å². The second-order valence-electron chi connectivity index (χ2n) is 9.93. The van der Waals surface area contributed by atoms with Crippen LogP contribution in [0.3, 0.4) is 0 Å². The molecule has 7 nitrogen and oxygen atoms in total. The van der Waals surface area contributed by atoms with Crippen molar-refractivity contribution >= 4 is 40.7 Å². The maximum absolute atomic E-state index is 13.4. The van der Waals surface area contributed by atoms with E-state index in [0.717, 1.165) is 5.56 Å². The maximum Gasteiger partial charge on any atom is 0.337 e. The normalized spacial score (nSPS) is 17.0. The van der Waals surface area contributed by atoms with Crippen LogP contribution in [-0.2, 0) is 19.7 Å². The second-order valence-corrected chi connectivity index (χ2v) is 10.3. The molecule has 1 aliphatic heterocycles. The zero-order valence-corrected chi connectivity index (χ0v) is 22.5. The summed E-state index contributed by atoms with van der Waals surface area (Å²) in [6.45, 7) is 6.26. The zero-order chi connectivity index (χ0) is 27.8. The highest BCUT2D eigenvalue weighted by Crippen LogP contribution is 2.43. The summed E-state index contributed by atoms with van der Waals surface area (Å²) in [6, 6.07) is 17.4. The minimum absolute atomic E-state index is 0.106. The standard InChI is InChI=1S/C30H28ClNO6/c1-30(2,3)19-10-6-17(7-11-19)25-24(26(33)22-16-21(37-4)14-15-23(22)31)27(34)28(35)32(25)20-12-8-18(9-13-20)29(36)38-5/h6-16,25,33H,1-5H3/b26-24+. The molecule has 1 amide bonds. The first kappa shape index (κ1) is 26.9. The van der Waals surface area contributed by atoms with Gasteiger partial charge in [0, 0.05) is 11.3 Å². The molecule has 1 aliphatic rings. The van der Waals surface area contributed by atoms with Crippen molar-refractivity contribution in [3.05, 3.63) is 99.6 Å². The van der Waals surface area contributed by atoms with E-state index in [0.29, 0.717) is 22.6 Å². The number of ketones is 1. The highest BCUT2D eigenvalue weighted by atomic mass is 35.5. The molecule has 3 aromatic carbocycles. The highest BCUT2D eigenvalue weighted by molar-refractivity contribution is 6.52. The quantitative estimate of drug-likeness (QED) is 0.185. The first-order valence-corrected chi connectivity index (χ1v) is 12.3. The average Bonchev–Trinajstić information content (AvgIpc) is 3.17. The number of benzene rings is 3. The minimum atomic E-state index is -0.949. The first-order chi connectivity index (χ1) is 18.0. The van der Waals surface area contributed by atoms with Crippen LogP contribution in [0.5, 0.6) is 5.75 Å². The summed E-state index contributed by atoms with van der Waals surface area (Å²) in [7, 11) is 2.75. The van der Waals surface area contributed by atoms with Crippen molar-refractivity contribution in [3.63, 3.8) is 0 Å². The summed E-state index contributed by atoms with van der Waals surface area (Å²) in [5.74, 6) is -2.19. The fourth-order valence-corrected chi connectivity index (χ4v) is 4.62. The molecular formula is C30H28ClNO6. The third-order valence-corrected chi connectivity index (χ3v) is 6.86. The summed E-state index contributed by atoms with van der Waals surface area (Å²) in [6.07, 6.45) is 0. The number of rotatable bonds is 5. The van der Waals surface area contributed by atoms with E-state index in [1.165, 1.54) is 37.3 Å². The Kier molecular flexibility index (Phi) is 7.33. The van der Waals surface area contributed by atoms with Gasteiger partial charge in [0.15, 0.2) is 0 Å². The van der Waals surface area contributed by atoms with Gasteiger partial charge in [-0.2, -0.15) is 0 Å². The summed E-state index contributed by atoms with van der Waals surface area (Å²) < 4.78 is 10.0. The molecule has 196 valence electrons. The lowest BCUT2D eigenvalue weighted by Crippen LogP contribution is -2.29. The Hall–Kier alpha value is -4.10. The van der Waals surface area contributed by atoms with E-state index in [9.17, 15) is 19.5 Å². The van der Waals surface area contributed by atoms with Gasteiger partial charge in [0.2, 0.25) is 0 Å². The van der Waals surface area contributed by atoms with Crippen LogP contribution in [0.2, 0.25) is 5.02 Å². The number of hydrogen-bond donors (Lipinski definition) is 1. The molecule has 3 aromatic rings. The Morgan fingerprint density at radius 3 is 2.13 bits per heavy atom. The van der Waals surface area contributed by atoms with Crippen molar-refractivity contribution in [2.24, 2.45) is 0 Å². The number of Topliss-reactive ketones (excluding diaryl/α,β-unsaturated/α-hetero) is 1. The lowest BCUT2D eigenvalue weighted by Gasteiger charge is -2.27. The van der Waals surface area contributed by atoms with Gasteiger partial charge >= 0.3 is 5.97 Å². The number of halogens is 1. The Labute approximate surface area is 226 Å². The maximum atomic E-state index is 13.4. The van der Waals surface area contributed by atoms with Gasteiger partial charge in [-0.25, -0.2) is 4.79 Å². The molecule has 0 aliphatic carbocycles. The number of amides is 1. The number of ether oxygens (including phenoxy) is 2. The van der Waals surface area contributed by atoms with Gasteiger partial charge in [-0.3, -0.25) is 14.5 Å². The summed E-state index contributed by atoms with van der Waals surface area (Å²) >= 11 is 6.39. The highest BCUT2D eigenvalue weighted by Gasteiger charge is 2.47. The Morgan fingerprint density at radius 2 is 1.58 bits per heavy atom. The van der Waals surface area contributed by atoms with Crippen LogP contribution in [0.15, 0.2) is 72.3 Å². The molecule has 0 bridgehead atoms. The molecule has 0 spiro atoms. The monoisotopic (exact) mass is 533 g/mol. The number of aliphatic hydroxyl groups excluding tert-OH is 1. The summed E-state index contributed by atoms with van der Waals surface area (Å²) in [4.78, 5) is 40.1. The number of carbonyl (C=O) groups excluding carboxylic acids is 3. The molecule has 4 rings (SSSR count). The van der Waals surface area contributed by atoms with Crippen LogP contribution in [0.4, 0.5) is 5.69 Å². The molecule has 1 N–H and O–H groups in total. The van der Waals surface area contributed by atoms with E-state index in [1.54, 1.807) is 24.3 Å². The largest absolute Gasteiger partial charge is 0.507 e. The van der Waals surface area contributed by atoms with E-state index in [4.69, 9.17) is 21.1 Å². The SMILES string of the molecule is COC(=O)c1ccc(N2C(=O)C(=O)/C(=C(/O)c3cc(OC)ccc3Cl)C2c2ccc(C(C)(C)C)cc2)cc1. The third-order valence-electron chi connectivity index (χ3n) is 6.53. The molecule has 0 radical (unpaired) electrons. The van der Waals surface area contributed by atoms with Crippen LogP contribution in [0.1, 0.15) is 53.9 Å². The molecule has 1 fully saturated rings. The number of hydrogen-bond acceptors (Lipinski definition) is 6. The fourth-order valence-electron chi connectivity index (χ4n) is 4.41. The fraction of sp³-hybridized carbons (Fsp3) is 0.233. The van der Waals surface area contributed by atoms with E-state index in [1.807, 2.05) is 24.3 Å². The molecule has 1 saturated heterocycles. The smallest absolute Gasteiger partial charge is 0.337 e. The van der Waals surface area contributed by atoms with Crippen molar-refractivity contribution in [1.29, 1.82) is 0 Å². The van der Waals surface area contributed by atoms with E-state index in [-0.39, 0.29) is 21.6 Å². The van der Waals surface area contributed by atoms with Crippen molar-refractivity contribution < 1.29 is 29.0 Å². The Bertz CT molecular complexity index is 1440. The third kappa shape index (κ3) is 4.89. The van der Waals surface area contributed by atoms with Gasteiger partial charge in [0.25, 0.3) is 11.7 Å². The Morgan fingerprint density at radius 1 is 0.947 bits per heavy atom. The van der Waals surface area contributed by atoms with Crippen molar-refractivity contribution in [2.75, 3.05) is 19.1 Å². The van der Waals surface area contributed by atoms with Gasteiger partial charge in [0.05, 0.1) is 36.4 Å². The van der Waals surface area contributed by atoms with Gasteiger partial charge in [-0.05, 0) is 59.0 Å². The minimum Gasteiger partial charge on any atom is -0.507 e. The van der Waals surface area contributed by atoms with Crippen molar-refractivity contribution in [3.8, 4) is 5.75 Å². The molecule has 8 heteroatoms. The summed E-state index contributed by atoms with van der Waals surface area (Å²) in [5, 5.41) is 11.6. The Balaban J connectivity index is 1.93. The van der Waals surface area contributed by atoms with E-state index >= 15 is 0 Å². The lowest BCUT2D eigenvalue weighted by atomic mass is 9.85. The first-order valence-electron chi connectivity index (χ1n) is 11.9.